The minimum atomic E-state index is -0.0790. The van der Waals surface area contributed by atoms with Crippen molar-refractivity contribution >= 4 is 11.6 Å². The van der Waals surface area contributed by atoms with E-state index in [0.717, 1.165) is 5.70 Å². The lowest BCUT2D eigenvalue weighted by Crippen LogP contribution is -2.25. The molecule has 0 bridgehead atoms. The number of allylic oxidation sites excluding steroid dienone is 5. The zero-order chi connectivity index (χ0) is 13.5. The SMILES string of the molecule is C=C/C=C(\C=C/C)NC=C1C(=O)CC(C)CC1=O. The van der Waals surface area contributed by atoms with Crippen molar-refractivity contribution in [3.8, 4) is 0 Å². The van der Waals surface area contributed by atoms with Crippen LogP contribution in [-0.2, 0) is 9.59 Å². The van der Waals surface area contributed by atoms with Crippen LogP contribution in [0, 0.1) is 5.92 Å². The first kappa shape index (κ1) is 14.2. The molecule has 1 aliphatic carbocycles. The highest BCUT2D eigenvalue weighted by Crippen LogP contribution is 2.21. The Labute approximate surface area is 108 Å². The number of rotatable bonds is 4. The molecule has 0 saturated heterocycles. The van der Waals surface area contributed by atoms with Gasteiger partial charge in [-0.2, -0.15) is 0 Å². The van der Waals surface area contributed by atoms with E-state index in [1.807, 2.05) is 26.0 Å². The lowest BCUT2D eigenvalue weighted by atomic mass is 9.85. The highest BCUT2D eigenvalue weighted by Gasteiger charge is 2.27. The van der Waals surface area contributed by atoms with Crippen LogP contribution in [0.3, 0.4) is 0 Å². The molecule has 0 heterocycles. The number of Topliss-reactive ketones (excluding diaryl/α,β-unsaturated/α-hetero) is 2. The second-order valence-electron chi connectivity index (χ2n) is 4.42. The minimum absolute atomic E-state index is 0.0790. The molecule has 0 aromatic carbocycles. The number of carbonyl (C=O) groups excluding carboxylic acids is 2. The maximum absolute atomic E-state index is 11.8. The van der Waals surface area contributed by atoms with Gasteiger partial charge in [-0.05, 0) is 25.0 Å². The maximum Gasteiger partial charge on any atom is 0.168 e. The smallest absolute Gasteiger partial charge is 0.168 e. The van der Waals surface area contributed by atoms with Crippen LogP contribution in [-0.4, -0.2) is 11.6 Å². The van der Waals surface area contributed by atoms with E-state index >= 15 is 0 Å². The molecule has 96 valence electrons. The lowest BCUT2D eigenvalue weighted by molar-refractivity contribution is -0.125. The van der Waals surface area contributed by atoms with Gasteiger partial charge in [-0.25, -0.2) is 0 Å². The first-order chi connectivity index (χ1) is 8.58. The van der Waals surface area contributed by atoms with Gasteiger partial charge < -0.3 is 5.32 Å². The van der Waals surface area contributed by atoms with Crippen LogP contribution in [0.2, 0.25) is 0 Å². The zero-order valence-corrected chi connectivity index (χ0v) is 10.9. The Hall–Kier alpha value is -1.90. The third-order valence-corrected chi connectivity index (χ3v) is 2.70. The van der Waals surface area contributed by atoms with E-state index in [2.05, 4.69) is 11.9 Å². The molecule has 0 aromatic rings. The molecule has 1 rings (SSSR count). The molecule has 0 aromatic heterocycles. The number of carbonyl (C=O) groups is 2. The molecule has 3 heteroatoms. The molecule has 0 unspecified atom stereocenters. The summed E-state index contributed by atoms with van der Waals surface area (Å²) in [4.78, 5) is 23.5. The second-order valence-corrected chi connectivity index (χ2v) is 4.42. The van der Waals surface area contributed by atoms with E-state index in [0.29, 0.717) is 12.8 Å². The molecule has 0 atom stereocenters. The van der Waals surface area contributed by atoms with Gasteiger partial charge in [0.1, 0.15) is 0 Å². The Morgan fingerprint density at radius 1 is 1.33 bits per heavy atom. The van der Waals surface area contributed by atoms with E-state index < -0.39 is 0 Å². The molecule has 0 amide bonds. The van der Waals surface area contributed by atoms with Gasteiger partial charge in [0.05, 0.1) is 5.57 Å². The van der Waals surface area contributed by atoms with Gasteiger partial charge in [0, 0.05) is 24.7 Å². The van der Waals surface area contributed by atoms with E-state index in [4.69, 9.17) is 0 Å². The molecular formula is C15H19NO2. The topological polar surface area (TPSA) is 46.2 Å². The van der Waals surface area contributed by atoms with Crippen molar-refractivity contribution in [2.75, 3.05) is 0 Å². The van der Waals surface area contributed by atoms with Crippen molar-refractivity contribution in [1.29, 1.82) is 0 Å². The molecule has 3 nitrogen and oxygen atoms in total. The van der Waals surface area contributed by atoms with Crippen molar-refractivity contribution in [2.45, 2.75) is 26.7 Å². The summed E-state index contributed by atoms with van der Waals surface area (Å²) in [6.45, 7) is 7.43. The van der Waals surface area contributed by atoms with Crippen LogP contribution in [0.25, 0.3) is 0 Å². The van der Waals surface area contributed by atoms with Crippen LogP contribution in [0.15, 0.2) is 48.4 Å². The Morgan fingerprint density at radius 3 is 2.44 bits per heavy atom. The van der Waals surface area contributed by atoms with Crippen LogP contribution >= 0.6 is 0 Å². The standard InChI is InChI=1S/C15H19NO2/c1-4-6-12(7-5-2)16-10-13-14(17)8-11(3)9-15(13)18/h4-7,10-11,16H,1,8-9H2,2-3H3/b7-5-,12-6+,13-10?. The Kier molecular flexibility index (Phi) is 5.31. The summed E-state index contributed by atoms with van der Waals surface area (Å²) in [5.41, 5.74) is 1.06. The van der Waals surface area contributed by atoms with Crippen molar-refractivity contribution < 1.29 is 9.59 Å². The maximum atomic E-state index is 11.8. The summed E-state index contributed by atoms with van der Waals surface area (Å²) in [6.07, 6.45) is 9.54. The molecular weight excluding hydrogens is 226 g/mol. The number of hydrogen-bond acceptors (Lipinski definition) is 3. The number of ketones is 2. The fourth-order valence-corrected chi connectivity index (χ4v) is 1.86. The molecule has 0 spiro atoms. The molecule has 1 fully saturated rings. The van der Waals surface area contributed by atoms with Gasteiger partial charge in [-0.3, -0.25) is 9.59 Å². The molecule has 0 radical (unpaired) electrons. The van der Waals surface area contributed by atoms with Crippen molar-refractivity contribution in [3.05, 3.63) is 48.4 Å². The Bertz CT molecular complexity index is 421. The number of nitrogens with one attached hydrogen (secondary N) is 1. The molecule has 1 aliphatic rings. The number of hydrogen-bond donors (Lipinski definition) is 1. The fraction of sp³-hybridized carbons (Fsp3) is 0.333. The Balaban J connectivity index is 2.82. The van der Waals surface area contributed by atoms with Crippen molar-refractivity contribution in [1.82, 2.24) is 5.32 Å². The van der Waals surface area contributed by atoms with Crippen LogP contribution in [0.4, 0.5) is 0 Å². The van der Waals surface area contributed by atoms with Gasteiger partial charge >= 0.3 is 0 Å². The van der Waals surface area contributed by atoms with E-state index in [1.165, 1.54) is 6.20 Å². The summed E-state index contributed by atoms with van der Waals surface area (Å²) >= 11 is 0. The predicted octanol–water partition coefficient (Wildman–Crippen LogP) is 2.67. The predicted molar refractivity (Wildman–Crippen MR) is 72.7 cm³/mol. The normalized spacial score (nSPS) is 21.3. The van der Waals surface area contributed by atoms with E-state index in [1.54, 1.807) is 12.2 Å². The first-order valence-electron chi connectivity index (χ1n) is 6.07. The van der Waals surface area contributed by atoms with E-state index in [9.17, 15) is 9.59 Å². The average molecular weight is 245 g/mol. The third-order valence-electron chi connectivity index (χ3n) is 2.70. The fourth-order valence-electron chi connectivity index (χ4n) is 1.86. The minimum Gasteiger partial charge on any atom is -0.361 e. The summed E-state index contributed by atoms with van der Waals surface area (Å²) in [7, 11) is 0. The van der Waals surface area contributed by atoms with Crippen LogP contribution in [0.5, 0.6) is 0 Å². The largest absolute Gasteiger partial charge is 0.361 e. The molecule has 1 N–H and O–H groups in total. The molecule has 1 saturated carbocycles. The third kappa shape index (κ3) is 3.84. The highest BCUT2D eigenvalue weighted by atomic mass is 16.1. The summed E-state index contributed by atoms with van der Waals surface area (Å²) < 4.78 is 0. The Morgan fingerprint density at radius 2 is 1.94 bits per heavy atom. The summed E-state index contributed by atoms with van der Waals surface area (Å²) in [6, 6.07) is 0. The van der Waals surface area contributed by atoms with Gasteiger partial charge in [0.15, 0.2) is 11.6 Å². The van der Waals surface area contributed by atoms with Crippen LogP contribution < -0.4 is 5.32 Å². The van der Waals surface area contributed by atoms with Crippen molar-refractivity contribution in [2.24, 2.45) is 5.92 Å². The van der Waals surface area contributed by atoms with Gasteiger partial charge in [0.2, 0.25) is 0 Å². The monoisotopic (exact) mass is 245 g/mol. The summed E-state index contributed by atoms with van der Waals surface area (Å²) in [5.74, 6) is -0.00441. The molecule has 0 aliphatic heterocycles. The van der Waals surface area contributed by atoms with Gasteiger partial charge in [0.25, 0.3) is 0 Å². The van der Waals surface area contributed by atoms with Gasteiger partial charge in [-0.15, -0.1) is 0 Å². The first-order valence-corrected chi connectivity index (χ1v) is 6.07. The molecule has 18 heavy (non-hydrogen) atoms. The van der Waals surface area contributed by atoms with Crippen LogP contribution in [0.1, 0.15) is 26.7 Å². The van der Waals surface area contributed by atoms with E-state index in [-0.39, 0.29) is 23.1 Å². The lowest BCUT2D eigenvalue weighted by Gasteiger charge is -2.18. The highest BCUT2D eigenvalue weighted by molar-refractivity contribution is 6.21. The summed E-state index contributed by atoms with van der Waals surface area (Å²) in [5, 5.41) is 2.97. The quantitative estimate of drug-likeness (QED) is 0.470. The van der Waals surface area contributed by atoms with Crippen molar-refractivity contribution in [3.63, 3.8) is 0 Å². The average Bonchev–Trinajstić information content (AvgIpc) is 2.28. The van der Waals surface area contributed by atoms with Gasteiger partial charge in [-0.1, -0.05) is 25.7 Å². The zero-order valence-electron chi connectivity index (χ0n) is 10.9. The second kappa shape index (κ2) is 6.74.